The molecule has 0 aliphatic carbocycles. The van der Waals surface area contributed by atoms with Crippen molar-refractivity contribution in [2.45, 2.75) is 27.7 Å². The highest BCUT2D eigenvalue weighted by Gasteiger charge is 2.25. The molecule has 0 spiro atoms. The van der Waals surface area contributed by atoms with E-state index in [1.807, 2.05) is 39.8 Å². The molecule has 0 saturated carbocycles. The van der Waals surface area contributed by atoms with Crippen molar-refractivity contribution >= 4 is 11.6 Å². The number of aromatic nitrogens is 2. The second-order valence-corrected chi connectivity index (χ2v) is 6.34. The van der Waals surface area contributed by atoms with Crippen LogP contribution in [0, 0.1) is 12.3 Å². The molecule has 124 valence electrons. The molecule has 6 heteroatoms. The molecule has 2 N–H and O–H groups in total. The van der Waals surface area contributed by atoms with E-state index in [0.29, 0.717) is 22.9 Å². The summed E-state index contributed by atoms with van der Waals surface area (Å²) in [7, 11) is 3.19. The second-order valence-electron chi connectivity index (χ2n) is 6.34. The first-order valence-electron chi connectivity index (χ1n) is 7.36. The first-order valence-corrected chi connectivity index (χ1v) is 7.36. The molecule has 0 atom stereocenters. The molecule has 0 aliphatic rings. The number of aryl methyl sites for hydroxylation is 1. The van der Waals surface area contributed by atoms with Gasteiger partial charge in [-0.15, -0.1) is 0 Å². The molecule has 0 unspecified atom stereocenters. The summed E-state index contributed by atoms with van der Waals surface area (Å²) in [5, 5.41) is 10.2. The van der Waals surface area contributed by atoms with E-state index in [1.54, 1.807) is 20.3 Å². The van der Waals surface area contributed by atoms with Gasteiger partial charge in [0.25, 0.3) is 0 Å². The van der Waals surface area contributed by atoms with E-state index >= 15 is 0 Å². The smallest absolute Gasteiger partial charge is 0.229 e. The van der Waals surface area contributed by atoms with Gasteiger partial charge in [-0.3, -0.25) is 9.89 Å². The fourth-order valence-electron chi connectivity index (χ4n) is 2.07. The van der Waals surface area contributed by atoms with Gasteiger partial charge in [-0.2, -0.15) is 5.10 Å². The summed E-state index contributed by atoms with van der Waals surface area (Å²) in [6.07, 6.45) is 0. The minimum Gasteiger partial charge on any atom is -0.497 e. The van der Waals surface area contributed by atoms with Gasteiger partial charge in [0.1, 0.15) is 17.2 Å². The van der Waals surface area contributed by atoms with E-state index in [1.165, 1.54) is 0 Å². The number of benzene rings is 1. The number of nitrogens with one attached hydrogen (secondary N) is 2. The highest BCUT2D eigenvalue weighted by Crippen LogP contribution is 2.37. The lowest BCUT2D eigenvalue weighted by Crippen LogP contribution is -2.28. The molecular weight excluding hydrogens is 294 g/mol. The van der Waals surface area contributed by atoms with Crippen LogP contribution >= 0.6 is 0 Å². The SMILES string of the molecule is COc1ccc(-c2n[nH]c(C)c2NC(=O)C(C)(C)C)c(OC)c1. The summed E-state index contributed by atoms with van der Waals surface area (Å²) in [5.74, 6) is 1.25. The summed E-state index contributed by atoms with van der Waals surface area (Å²) in [5.41, 5.74) is 2.37. The summed E-state index contributed by atoms with van der Waals surface area (Å²) in [6.45, 7) is 7.47. The molecule has 23 heavy (non-hydrogen) atoms. The van der Waals surface area contributed by atoms with E-state index < -0.39 is 5.41 Å². The maximum absolute atomic E-state index is 12.3. The number of hydrogen-bond donors (Lipinski definition) is 2. The maximum atomic E-state index is 12.3. The van der Waals surface area contributed by atoms with Crippen LogP contribution in [-0.4, -0.2) is 30.3 Å². The minimum atomic E-state index is -0.495. The van der Waals surface area contributed by atoms with Crippen molar-refractivity contribution in [2.75, 3.05) is 19.5 Å². The number of hydrogen-bond acceptors (Lipinski definition) is 4. The molecule has 0 saturated heterocycles. The Morgan fingerprint density at radius 1 is 1.22 bits per heavy atom. The van der Waals surface area contributed by atoms with Crippen molar-refractivity contribution in [1.29, 1.82) is 0 Å². The standard InChI is InChI=1S/C17H23N3O3/c1-10-14(18-16(21)17(2,3)4)15(20-19-10)12-8-7-11(22-5)9-13(12)23-6/h7-9H,1-6H3,(H,18,21)(H,19,20). The van der Waals surface area contributed by atoms with Gasteiger partial charge >= 0.3 is 0 Å². The highest BCUT2D eigenvalue weighted by molar-refractivity contribution is 5.98. The van der Waals surface area contributed by atoms with Crippen molar-refractivity contribution in [3.05, 3.63) is 23.9 Å². The van der Waals surface area contributed by atoms with Crippen LogP contribution < -0.4 is 14.8 Å². The minimum absolute atomic E-state index is 0.0734. The first-order chi connectivity index (χ1) is 10.8. The van der Waals surface area contributed by atoms with Crippen LogP contribution in [0.5, 0.6) is 11.5 Å². The van der Waals surface area contributed by atoms with Crippen LogP contribution in [0.15, 0.2) is 18.2 Å². The quantitative estimate of drug-likeness (QED) is 0.906. The van der Waals surface area contributed by atoms with Crippen LogP contribution in [0.4, 0.5) is 5.69 Å². The first kappa shape index (κ1) is 16.9. The number of H-pyrrole nitrogens is 1. The fraction of sp³-hybridized carbons (Fsp3) is 0.412. The number of aromatic amines is 1. The van der Waals surface area contributed by atoms with E-state index in [0.717, 1.165) is 11.3 Å². The van der Waals surface area contributed by atoms with Crippen LogP contribution in [-0.2, 0) is 4.79 Å². The van der Waals surface area contributed by atoms with Gasteiger partial charge in [0.05, 0.1) is 25.6 Å². The molecule has 0 aliphatic heterocycles. The summed E-state index contributed by atoms with van der Waals surface area (Å²) in [6, 6.07) is 5.48. The number of methoxy groups -OCH3 is 2. The molecule has 0 bridgehead atoms. The molecule has 2 rings (SSSR count). The number of ether oxygens (including phenoxy) is 2. The van der Waals surface area contributed by atoms with Crippen molar-refractivity contribution < 1.29 is 14.3 Å². The zero-order valence-corrected chi connectivity index (χ0v) is 14.4. The van der Waals surface area contributed by atoms with Crippen molar-refractivity contribution in [2.24, 2.45) is 5.41 Å². The lowest BCUT2D eigenvalue weighted by molar-refractivity contribution is -0.123. The molecule has 2 aromatic rings. The maximum Gasteiger partial charge on any atom is 0.229 e. The van der Waals surface area contributed by atoms with E-state index in [-0.39, 0.29) is 5.91 Å². The molecular formula is C17H23N3O3. The zero-order chi connectivity index (χ0) is 17.2. The molecule has 1 aromatic carbocycles. The third-order valence-electron chi connectivity index (χ3n) is 3.53. The zero-order valence-electron chi connectivity index (χ0n) is 14.4. The van der Waals surface area contributed by atoms with Crippen LogP contribution in [0.2, 0.25) is 0 Å². The fourth-order valence-corrected chi connectivity index (χ4v) is 2.07. The van der Waals surface area contributed by atoms with Gasteiger partial charge in [0, 0.05) is 17.0 Å². The van der Waals surface area contributed by atoms with Gasteiger partial charge in [-0.1, -0.05) is 20.8 Å². The number of anilines is 1. The summed E-state index contributed by atoms with van der Waals surface area (Å²) < 4.78 is 10.6. The van der Waals surface area contributed by atoms with Crippen LogP contribution in [0.25, 0.3) is 11.3 Å². The Kier molecular flexibility index (Phi) is 4.63. The second kappa shape index (κ2) is 6.32. The van der Waals surface area contributed by atoms with E-state index in [2.05, 4.69) is 15.5 Å². The monoisotopic (exact) mass is 317 g/mol. The Bertz CT molecular complexity index is 714. The van der Waals surface area contributed by atoms with E-state index in [9.17, 15) is 4.79 Å². The average molecular weight is 317 g/mol. The van der Waals surface area contributed by atoms with Gasteiger partial charge in [0.15, 0.2) is 0 Å². The summed E-state index contributed by atoms with van der Waals surface area (Å²) in [4.78, 5) is 12.3. The Morgan fingerprint density at radius 3 is 2.48 bits per heavy atom. The van der Waals surface area contributed by atoms with Crippen LogP contribution in [0.3, 0.4) is 0 Å². The normalized spacial score (nSPS) is 11.2. The van der Waals surface area contributed by atoms with Crippen molar-refractivity contribution in [3.63, 3.8) is 0 Å². The summed E-state index contributed by atoms with van der Waals surface area (Å²) >= 11 is 0. The molecule has 1 heterocycles. The van der Waals surface area contributed by atoms with Gasteiger partial charge < -0.3 is 14.8 Å². The third-order valence-corrected chi connectivity index (χ3v) is 3.53. The lowest BCUT2D eigenvalue weighted by atomic mass is 9.95. The average Bonchev–Trinajstić information content (AvgIpc) is 2.86. The van der Waals surface area contributed by atoms with Gasteiger partial charge in [0.2, 0.25) is 5.91 Å². The number of amides is 1. The van der Waals surface area contributed by atoms with Crippen LogP contribution in [0.1, 0.15) is 26.5 Å². The molecule has 1 aromatic heterocycles. The Hall–Kier alpha value is -2.50. The Morgan fingerprint density at radius 2 is 1.91 bits per heavy atom. The molecule has 0 radical (unpaired) electrons. The lowest BCUT2D eigenvalue weighted by Gasteiger charge is -2.18. The predicted molar refractivity (Wildman–Crippen MR) is 89.9 cm³/mol. The Balaban J connectivity index is 2.48. The molecule has 1 amide bonds. The Labute approximate surface area is 136 Å². The van der Waals surface area contributed by atoms with E-state index in [4.69, 9.17) is 9.47 Å². The largest absolute Gasteiger partial charge is 0.497 e. The number of carbonyl (C=O) groups is 1. The van der Waals surface area contributed by atoms with Crippen molar-refractivity contribution in [3.8, 4) is 22.8 Å². The molecule has 6 nitrogen and oxygen atoms in total. The number of nitrogens with zero attached hydrogens (tertiary/aromatic N) is 1. The third kappa shape index (κ3) is 3.47. The number of rotatable bonds is 4. The van der Waals surface area contributed by atoms with Crippen molar-refractivity contribution in [1.82, 2.24) is 10.2 Å². The molecule has 0 fully saturated rings. The highest BCUT2D eigenvalue weighted by atomic mass is 16.5. The van der Waals surface area contributed by atoms with Gasteiger partial charge in [-0.25, -0.2) is 0 Å². The number of carbonyl (C=O) groups excluding carboxylic acids is 1. The van der Waals surface area contributed by atoms with Gasteiger partial charge in [-0.05, 0) is 19.1 Å². The predicted octanol–water partition coefficient (Wildman–Crippen LogP) is 3.39. The topological polar surface area (TPSA) is 76.2 Å².